The molecule has 1 aromatic rings. The predicted molar refractivity (Wildman–Crippen MR) is 78.3 cm³/mol. The molecule has 2 rings (SSSR count). The Morgan fingerprint density at radius 2 is 2.10 bits per heavy atom. The number of carbonyl (C=O) groups is 2. The topological polar surface area (TPSA) is 75.4 Å². The van der Waals surface area contributed by atoms with Crippen LogP contribution in [0, 0.1) is 0 Å². The Hall–Kier alpha value is -2.04. The zero-order valence-electron chi connectivity index (χ0n) is 11.9. The molecule has 0 bridgehead atoms. The number of nitrogens with two attached hydrogens (primary N) is 1. The van der Waals surface area contributed by atoms with E-state index in [9.17, 15) is 9.59 Å². The van der Waals surface area contributed by atoms with E-state index in [0.29, 0.717) is 6.42 Å². The minimum atomic E-state index is -0.475. The molecule has 0 aliphatic carbocycles. The third-order valence-electron chi connectivity index (χ3n) is 3.63. The fourth-order valence-electron chi connectivity index (χ4n) is 2.59. The first-order valence-corrected chi connectivity index (χ1v) is 6.89. The third kappa shape index (κ3) is 3.10. The Labute approximate surface area is 119 Å². The van der Waals surface area contributed by atoms with Crippen molar-refractivity contribution in [2.75, 3.05) is 18.4 Å². The van der Waals surface area contributed by atoms with Gasteiger partial charge in [0.05, 0.1) is 6.54 Å². The summed E-state index contributed by atoms with van der Waals surface area (Å²) in [6.45, 7) is 4.52. The van der Waals surface area contributed by atoms with Crippen LogP contribution in [0.1, 0.15) is 31.7 Å². The monoisotopic (exact) mass is 275 g/mol. The molecule has 5 heteroatoms. The lowest BCUT2D eigenvalue weighted by Crippen LogP contribution is -2.43. The SMILES string of the molecule is CC(C)N(CC(N)=O)C(=O)CC1CNc2ccccc21. The zero-order valence-corrected chi connectivity index (χ0v) is 11.9. The number of amides is 2. The Morgan fingerprint density at radius 3 is 2.75 bits per heavy atom. The number of para-hydroxylation sites is 1. The number of hydrogen-bond acceptors (Lipinski definition) is 3. The maximum atomic E-state index is 12.4. The van der Waals surface area contributed by atoms with E-state index in [1.807, 2.05) is 38.1 Å². The van der Waals surface area contributed by atoms with Gasteiger partial charge in [-0.3, -0.25) is 9.59 Å². The van der Waals surface area contributed by atoms with E-state index in [2.05, 4.69) is 5.32 Å². The van der Waals surface area contributed by atoms with Crippen molar-refractivity contribution in [3.05, 3.63) is 29.8 Å². The number of nitrogens with zero attached hydrogens (tertiary/aromatic N) is 1. The highest BCUT2D eigenvalue weighted by Crippen LogP contribution is 2.33. The maximum absolute atomic E-state index is 12.4. The Kier molecular flexibility index (Phi) is 4.27. The molecule has 1 unspecified atom stereocenters. The molecule has 0 fully saturated rings. The minimum Gasteiger partial charge on any atom is -0.384 e. The highest BCUT2D eigenvalue weighted by molar-refractivity contribution is 5.84. The lowest BCUT2D eigenvalue weighted by molar-refractivity contribution is -0.137. The molecular formula is C15H21N3O2. The van der Waals surface area contributed by atoms with Crippen LogP contribution in [0.25, 0.3) is 0 Å². The van der Waals surface area contributed by atoms with Gasteiger partial charge in [0.1, 0.15) is 0 Å². The van der Waals surface area contributed by atoms with Gasteiger partial charge in [0.15, 0.2) is 0 Å². The molecule has 1 heterocycles. The summed E-state index contributed by atoms with van der Waals surface area (Å²) >= 11 is 0. The Morgan fingerprint density at radius 1 is 1.40 bits per heavy atom. The summed E-state index contributed by atoms with van der Waals surface area (Å²) < 4.78 is 0. The van der Waals surface area contributed by atoms with Crippen LogP contribution in [0.5, 0.6) is 0 Å². The van der Waals surface area contributed by atoms with E-state index in [4.69, 9.17) is 5.73 Å². The van der Waals surface area contributed by atoms with Crippen molar-refractivity contribution in [3.63, 3.8) is 0 Å². The number of benzene rings is 1. The van der Waals surface area contributed by atoms with Crippen molar-refractivity contribution in [2.45, 2.75) is 32.2 Å². The van der Waals surface area contributed by atoms with E-state index in [-0.39, 0.29) is 24.4 Å². The van der Waals surface area contributed by atoms with E-state index in [1.54, 1.807) is 4.90 Å². The molecule has 0 spiro atoms. The van der Waals surface area contributed by atoms with Gasteiger partial charge in [-0.05, 0) is 25.5 Å². The van der Waals surface area contributed by atoms with Crippen molar-refractivity contribution in [2.24, 2.45) is 5.73 Å². The first kappa shape index (κ1) is 14.4. The molecule has 108 valence electrons. The van der Waals surface area contributed by atoms with Crippen LogP contribution >= 0.6 is 0 Å². The number of hydrogen-bond donors (Lipinski definition) is 2. The van der Waals surface area contributed by atoms with Gasteiger partial charge in [0.2, 0.25) is 11.8 Å². The smallest absolute Gasteiger partial charge is 0.237 e. The fourth-order valence-corrected chi connectivity index (χ4v) is 2.59. The Bertz CT molecular complexity index is 514. The van der Waals surface area contributed by atoms with Crippen molar-refractivity contribution in [3.8, 4) is 0 Å². The average molecular weight is 275 g/mol. The number of rotatable bonds is 5. The van der Waals surface area contributed by atoms with Crippen LogP contribution in [0.3, 0.4) is 0 Å². The summed E-state index contributed by atoms with van der Waals surface area (Å²) in [5, 5.41) is 3.30. The maximum Gasteiger partial charge on any atom is 0.237 e. The largest absolute Gasteiger partial charge is 0.384 e. The molecule has 5 nitrogen and oxygen atoms in total. The summed E-state index contributed by atoms with van der Waals surface area (Å²) in [6, 6.07) is 7.99. The summed E-state index contributed by atoms with van der Waals surface area (Å²) in [4.78, 5) is 25.0. The summed E-state index contributed by atoms with van der Waals surface area (Å²) in [6.07, 6.45) is 0.398. The molecule has 0 saturated carbocycles. The summed E-state index contributed by atoms with van der Waals surface area (Å²) in [7, 11) is 0. The lowest BCUT2D eigenvalue weighted by atomic mass is 9.97. The summed E-state index contributed by atoms with van der Waals surface area (Å²) in [5.41, 5.74) is 7.47. The molecule has 3 N–H and O–H groups in total. The molecule has 0 saturated heterocycles. The standard InChI is InChI=1S/C15H21N3O2/c1-10(2)18(9-14(16)19)15(20)7-11-8-17-13-6-4-3-5-12(11)13/h3-6,10-11,17H,7-9H2,1-2H3,(H2,16,19). The number of nitrogens with one attached hydrogen (secondary N) is 1. The second-order valence-corrected chi connectivity index (χ2v) is 5.45. The molecule has 1 aliphatic rings. The molecule has 0 aromatic heterocycles. The fraction of sp³-hybridized carbons (Fsp3) is 0.467. The Balaban J connectivity index is 2.06. The van der Waals surface area contributed by atoms with Gasteiger partial charge in [0, 0.05) is 30.6 Å². The van der Waals surface area contributed by atoms with Gasteiger partial charge in [0.25, 0.3) is 0 Å². The second kappa shape index (κ2) is 5.94. The molecule has 0 radical (unpaired) electrons. The summed E-state index contributed by atoms with van der Waals surface area (Å²) in [5.74, 6) is -0.341. The van der Waals surface area contributed by atoms with Crippen LogP contribution in [0.15, 0.2) is 24.3 Å². The van der Waals surface area contributed by atoms with Gasteiger partial charge >= 0.3 is 0 Å². The van der Waals surface area contributed by atoms with E-state index >= 15 is 0 Å². The van der Waals surface area contributed by atoms with Gasteiger partial charge in [-0.25, -0.2) is 0 Å². The molecule has 1 aromatic carbocycles. The molecular weight excluding hydrogens is 254 g/mol. The molecule has 2 amide bonds. The lowest BCUT2D eigenvalue weighted by Gasteiger charge is -2.26. The van der Waals surface area contributed by atoms with Crippen LogP contribution in [0.4, 0.5) is 5.69 Å². The molecule has 20 heavy (non-hydrogen) atoms. The quantitative estimate of drug-likeness (QED) is 0.850. The van der Waals surface area contributed by atoms with Crippen molar-refractivity contribution in [1.82, 2.24) is 4.90 Å². The van der Waals surface area contributed by atoms with Crippen LogP contribution < -0.4 is 11.1 Å². The number of fused-ring (bicyclic) bond motifs is 1. The van der Waals surface area contributed by atoms with Gasteiger partial charge in [-0.1, -0.05) is 18.2 Å². The van der Waals surface area contributed by atoms with E-state index < -0.39 is 5.91 Å². The van der Waals surface area contributed by atoms with Gasteiger partial charge in [-0.2, -0.15) is 0 Å². The van der Waals surface area contributed by atoms with Crippen molar-refractivity contribution in [1.29, 1.82) is 0 Å². The van der Waals surface area contributed by atoms with Crippen LogP contribution in [-0.2, 0) is 9.59 Å². The highest BCUT2D eigenvalue weighted by Gasteiger charge is 2.27. The minimum absolute atomic E-state index is 0.0156. The van der Waals surface area contributed by atoms with E-state index in [1.165, 1.54) is 5.56 Å². The van der Waals surface area contributed by atoms with Crippen molar-refractivity contribution >= 4 is 17.5 Å². The first-order valence-electron chi connectivity index (χ1n) is 6.89. The van der Waals surface area contributed by atoms with Crippen molar-refractivity contribution < 1.29 is 9.59 Å². The van der Waals surface area contributed by atoms with Crippen LogP contribution in [-0.4, -0.2) is 35.8 Å². The predicted octanol–water partition coefficient (Wildman–Crippen LogP) is 1.31. The average Bonchev–Trinajstić information content (AvgIpc) is 2.79. The molecule has 1 atom stereocenters. The van der Waals surface area contributed by atoms with Gasteiger partial charge < -0.3 is 16.0 Å². The zero-order chi connectivity index (χ0) is 14.7. The van der Waals surface area contributed by atoms with E-state index in [0.717, 1.165) is 12.2 Å². The van der Waals surface area contributed by atoms with Gasteiger partial charge in [-0.15, -0.1) is 0 Å². The number of carbonyl (C=O) groups excluding carboxylic acids is 2. The highest BCUT2D eigenvalue weighted by atomic mass is 16.2. The first-order chi connectivity index (χ1) is 9.49. The third-order valence-corrected chi connectivity index (χ3v) is 3.63. The number of anilines is 1. The normalized spacial score (nSPS) is 16.6. The number of primary amides is 1. The second-order valence-electron chi connectivity index (χ2n) is 5.45. The molecule has 1 aliphatic heterocycles. The van der Waals surface area contributed by atoms with Crippen LogP contribution in [0.2, 0.25) is 0 Å².